The molecule has 0 heterocycles. The maximum Gasteiger partial charge on any atom is 0.307 e. The molecule has 5 nitrogen and oxygen atoms in total. The Hall–Kier alpha value is -1.10. The van der Waals surface area contributed by atoms with Crippen LogP contribution in [0.15, 0.2) is 0 Å². The lowest BCUT2D eigenvalue weighted by molar-refractivity contribution is -0.140. The molecule has 0 radical (unpaired) electrons. The highest BCUT2D eigenvalue weighted by molar-refractivity contribution is 5.89. The first kappa shape index (κ1) is 12.4. The van der Waals surface area contributed by atoms with Gasteiger partial charge < -0.3 is 15.2 Å². The van der Waals surface area contributed by atoms with Crippen molar-refractivity contribution in [3.8, 4) is 0 Å². The maximum atomic E-state index is 11.7. The van der Waals surface area contributed by atoms with Gasteiger partial charge in [0.25, 0.3) is 0 Å². The number of aliphatic carboxylic acids is 1. The molecule has 2 atom stereocenters. The van der Waals surface area contributed by atoms with Crippen LogP contribution in [-0.4, -0.2) is 37.2 Å². The Morgan fingerprint density at radius 3 is 2.59 bits per heavy atom. The van der Waals surface area contributed by atoms with Gasteiger partial charge >= 0.3 is 5.97 Å². The van der Waals surface area contributed by atoms with Gasteiger partial charge in [-0.25, -0.2) is 0 Å². The van der Waals surface area contributed by atoms with Crippen molar-refractivity contribution in [1.29, 1.82) is 0 Å². The highest BCUT2D eigenvalue weighted by Crippen LogP contribution is 2.48. The van der Waals surface area contributed by atoms with E-state index in [0.717, 1.165) is 25.9 Å². The lowest BCUT2D eigenvalue weighted by Gasteiger charge is -2.15. The van der Waals surface area contributed by atoms with E-state index < -0.39 is 11.9 Å². The fourth-order valence-corrected chi connectivity index (χ4v) is 2.17. The van der Waals surface area contributed by atoms with Crippen molar-refractivity contribution in [2.75, 3.05) is 20.3 Å². The first-order valence-corrected chi connectivity index (χ1v) is 6.07. The topological polar surface area (TPSA) is 75.6 Å². The van der Waals surface area contributed by atoms with Crippen LogP contribution < -0.4 is 5.32 Å². The highest BCUT2D eigenvalue weighted by atomic mass is 16.5. The van der Waals surface area contributed by atoms with Crippen LogP contribution in [0.1, 0.15) is 25.7 Å². The molecule has 2 aliphatic carbocycles. The number of carboxylic acid groups (broad SMARTS) is 1. The third-order valence-corrected chi connectivity index (χ3v) is 3.88. The van der Waals surface area contributed by atoms with E-state index in [-0.39, 0.29) is 17.2 Å². The summed E-state index contributed by atoms with van der Waals surface area (Å²) >= 11 is 0. The summed E-state index contributed by atoms with van der Waals surface area (Å²) in [7, 11) is 1.68. The SMILES string of the molecule is COCCC1(CNC(=O)C2CC2C(=O)O)CC1. The van der Waals surface area contributed by atoms with Crippen LogP contribution in [0.2, 0.25) is 0 Å². The summed E-state index contributed by atoms with van der Waals surface area (Å²) in [5.41, 5.74) is 0.222. The maximum absolute atomic E-state index is 11.7. The van der Waals surface area contributed by atoms with E-state index in [9.17, 15) is 9.59 Å². The molecule has 0 aliphatic heterocycles. The standard InChI is InChI=1S/C12H19NO4/c1-17-5-4-12(2-3-12)7-13-10(14)8-6-9(8)11(15)16/h8-9H,2-7H2,1H3,(H,13,14)(H,15,16). The number of carbonyl (C=O) groups excluding carboxylic acids is 1. The quantitative estimate of drug-likeness (QED) is 0.686. The Balaban J connectivity index is 1.69. The molecule has 5 heteroatoms. The number of carboxylic acids is 1. The number of amides is 1. The Kier molecular flexibility index (Phi) is 3.38. The minimum Gasteiger partial charge on any atom is -0.481 e. The summed E-state index contributed by atoms with van der Waals surface area (Å²) in [6.45, 7) is 1.38. The smallest absolute Gasteiger partial charge is 0.307 e. The molecule has 17 heavy (non-hydrogen) atoms. The van der Waals surface area contributed by atoms with Crippen molar-refractivity contribution in [3.63, 3.8) is 0 Å². The van der Waals surface area contributed by atoms with E-state index >= 15 is 0 Å². The molecule has 2 saturated carbocycles. The summed E-state index contributed by atoms with van der Waals surface area (Å²) in [5, 5.41) is 11.6. The van der Waals surface area contributed by atoms with Gasteiger partial charge in [-0.05, 0) is 31.1 Å². The molecule has 0 aromatic rings. The fourth-order valence-electron chi connectivity index (χ4n) is 2.17. The molecule has 0 bridgehead atoms. The Morgan fingerprint density at radius 2 is 2.12 bits per heavy atom. The number of carbonyl (C=O) groups is 2. The second-order valence-corrected chi connectivity index (χ2v) is 5.25. The largest absolute Gasteiger partial charge is 0.481 e. The van der Waals surface area contributed by atoms with E-state index in [2.05, 4.69) is 5.32 Å². The Morgan fingerprint density at radius 1 is 1.41 bits per heavy atom. The zero-order chi connectivity index (χ0) is 12.5. The van der Waals surface area contributed by atoms with Crippen molar-refractivity contribution < 1.29 is 19.4 Å². The van der Waals surface area contributed by atoms with E-state index in [0.29, 0.717) is 13.0 Å². The summed E-state index contributed by atoms with van der Waals surface area (Å²) in [5.74, 6) is -1.71. The molecular weight excluding hydrogens is 222 g/mol. The molecule has 96 valence electrons. The second-order valence-electron chi connectivity index (χ2n) is 5.25. The van der Waals surface area contributed by atoms with Gasteiger partial charge in [0.05, 0.1) is 11.8 Å². The third-order valence-electron chi connectivity index (χ3n) is 3.88. The van der Waals surface area contributed by atoms with Crippen LogP contribution in [0.5, 0.6) is 0 Å². The van der Waals surface area contributed by atoms with Crippen molar-refractivity contribution in [2.24, 2.45) is 17.3 Å². The first-order chi connectivity index (χ1) is 8.08. The van der Waals surface area contributed by atoms with Gasteiger partial charge in [0, 0.05) is 20.3 Å². The fraction of sp³-hybridized carbons (Fsp3) is 0.833. The predicted molar refractivity (Wildman–Crippen MR) is 60.4 cm³/mol. The van der Waals surface area contributed by atoms with Gasteiger partial charge in [0.1, 0.15) is 0 Å². The molecular formula is C12H19NO4. The minimum absolute atomic E-state index is 0.0962. The van der Waals surface area contributed by atoms with E-state index in [1.54, 1.807) is 7.11 Å². The minimum atomic E-state index is -0.856. The molecule has 2 fully saturated rings. The average Bonchev–Trinajstić information content (AvgIpc) is 3.17. The number of hydrogen-bond donors (Lipinski definition) is 2. The summed E-state index contributed by atoms with van der Waals surface area (Å²) in [6.07, 6.45) is 3.72. The van der Waals surface area contributed by atoms with Crippen LogP contribution in [0.3, 0.4) is 0 Å². The molecule has 2 rings (SSSR count). The summed E-state index contributed by atoms with van der Waals surface area (Å²) in [6, 6.07) is 0. The molecule has 2 aliphatic rings. The van der Waals surface area contributed by atoms with Gasteiger partial charge in [0.15, 0.2) is 0 Å². The lowest BCUT2D eigenvalue weighted by Crippen LogP contribution is -2.32. The van der Waals surface area contributed by atoms with E-state index in [4.69, 9.17) is 9.84 Å². The predicted octanol–water partition coefficient (Wildman–Crippen LogP) is 0.640. The lowest BCUT2D eigenvalue weighted by atomic mass is 10.0. The number of methoxy groups -OCH3 is 1. The van der Waals surface area contributed by atoms with Crippen LogP contribution >= 0.6 is 0 Å². The van der Waals surface area contributed by atoms with Crippen LogP contribution in [0.4, 0.5) is 0 Å². The van der Waals surface area contributed by atoms with Gasteiger partial charge in [-0.3, -0.25) is 9.59 Å². The third kappa shape index (κ3) is 2.97. The number of hydrogen-bond acceptors (Lipinski definition) is 3. The zero-order valence-electron chi connectivity index (χ0n) is 10.1. The van der Waals surface area contributed by atoms with Crippen LogP contribution in [-0.2, 0) is 14.3 Å². The van der Waals surface area contributed by atoms with Crippen LogP contribution in [0.25, 0.3) is 0 Å². The average molecular weight is 241 g/mol. The monoisotopic (exact) mass is 241 g/mol. The van der Waals surface area contributed by atoms with Crippen molar-refractivity contribution in [1.82, 2.24) is 5.32 Å². The molecule has 0 saturated heterocycles. The first-order valence-electron chi connectivity index (χ1n) is 6.07. The van der Waals surface area contributed by atoms with Crippen molar-refractivity contribution in [3.05, 3.63) is 0 Å². The molecule has 0 spiro atoms. The van der Waals surface area contributed by atoms with Gasteiger partial charge in [-0.15, -0.1) is 0 Å². The molecule has 1 amide bonds. The number of rotatable bonds is 7. The van der Waals surface area contributed by atoms with Crippen LogP contribution in [0, 0.1) is 17.3 Å². The number of ether oxygens (including phenoxy) is 1. The molecule has 2 unspecified atom stereocenters. The second kappa shape index (κ2) is 4.64. The van der Waals surface area contributed by atoms with Crippen molar-refractivity contribution >= 4 is 11.9 Å². The summed E-state index contributed by atoms with van der Waals surface area (Å²) in [4.78, 5) is 22.3. The highest BCUT2D eigenvalue weighted by Gasteiger charge is 2.49. The van der Waals surface area contributed by atoms with Gasteiger partial charge in [-0.1, -0.05) is 0 Å². The van der Waals surface area contributed by atoms with Gasteiger partial charge in [0.2, 0.25) is 5.91 Å². The number of nitrogens with one attached hydrogen (secondary N) is 1. The molecule has 0 aromatic carbocycles. The molecule has 0 aromatic heterocycles. The van der Waals surface area contributed by atoms with E-state index in [1.807, 2.05) is 0 Å². The summed E-state index contributed by atoms with van der Waals surface area (Å²) < 4.78 is 5.04. The van der Waals surface area contributed by atoms with Gasteiger partial charge in [-0.2, -0.15) is 0 Å². The van der Waals surface area contributed by atoms with E-state index in [1.165, 1.54) is 0 Å². The normalized spacial score (nSPS) is 28.5. The van der Waals surface area contributed by atoms with Crippen molar-refractivity contribution in [2.45, 2.75) is 25.7 Å². The Bertz CT molecular complexity index is 324. The zero-order valence-corrected chi connectivity index (χ0v) is 10.1. The Labute approximate surface area is 101 Å². The molecule has 2 N–H and O–H groups in total.